The summed E-state index contributed by atoms with van der Waals surface area (Å²) >= 11 is 6.14. The molecule has 2 aromatic carbocycles. The molecule has 168 valence electrons. The van der Waals surface area contributed by atoms with Gasteiger partial charge in [0.2, 0.25) is 5.95 Å². The number of rotatable bonds is 5. The molecule has 6 nitrogen and oxygen atoms in total. The molecule has 3 heterocycles. The maximum absolute atomic E-state index is 6.14. The minimum Gasteiger partial charge on any atom is -0.326 e. The van der Waals surface area contributed by atoms with Gasteiger partial charge in [0.05, 0.1) is 23.4 Å². The van der Waals surface area contributed by atoms with E-state index in [4.69, 9.17) is 21.6 Å². The van der Waals surface area contributed by atoms with Crippen LogP contribution in [0.15, 0.2) is 61.1 Å². The summed E-state index contributed by atoms with van der Waals surface area (Å²) in [7, 11) is 0. The molecule has 4 aromatic rings. The van der Waals surface area contributed by atoms with E-state index in [0.29, 0.717) is 17.0 Å². The maximum Gasteiger partial charge on any atom is 0.227 e. The highest BCUT2D eigenvalue weighted by Gasteiger charge is 2.23. The monoisotopic (exact) mass is 458 g/mol. The number of aryl methyl sites for hydroxylation is 2. The van der Waals surface area contributed by atoms with Gasteiger partial charge in [-0.2, -0.15) is 0 Å². The number of benzene rings is 2. The molecule has 0 radical (unpaired) electrons. The second-order valence-corrected chi connectivity index (χ2v) is 9.04. The number of anilines is 2. The molecule has 7 heteroatoms. The van der Waals surface area contributed by atoms with E-state index < -0.39 is 0 Å². The lowest BCUT2D eigenvalue weighted by molar-refractivity contribution is 0.370. The standard InChI is InChI=1S/C26H27ClN6/c1-17-13-18(2)15-21(14-17)31-26-29-12-9-23(32-26)25-24(19-3-5-20(27)6-4-19)30-16-33(25)22-7-10-28-11-8-22/h3-6,9,12-16,22,28H,7-8,10-11H2,1-2H3,(H,29,31,32). The molecule has 0 aliphatic carbocycles. The Bertz CT molecular complexity index is 1240. The number of halogens is 1. The second kappa shape index (κ2) is 9.33. The highest BCUT2D eigenvalue weighted by atomic mass is 35.5. The molecule has 5 rings (SSSR count). The van der Waals surface area contributed by atoms with E-state index in [1.807, 2.05) is 36.7 Å². The summed E-state index contributed by atoms with van der Waals surface area (Å²) in [4.78, 5) is 14.2. The van der Waals surface area contributed by atoms with E-state index in [2.05, 4.69) is 52.2 Å². The van der Waals surface area contributed by atoms with Crippen LogP contribution in [0.4, 0.5) is 11.6 Å². The lowest BCUT2D eigenvalue weighted by Gasteiger charge is -2.25. The molecule has 0 spiro atoms. The van der Waals surface area contributed by atoms with E-state index in [9.17, 15) is 0 Å². The first kappa shape index (κ1) is 21.6. The number of nitrogens with one attached hydrogen (secondary N) is 2. The second-order valence-electron chi connectivity index (χ2n) is 8.60. The number of piperidine rings is 1. The number of hydrogen-bond donors (Lipinski definition) is 2. The summed E-state index contributed by atoms with van der Waals surface area (Å²) < 4.78 is 2.29. The van der Waals surface area contributed by atoms with E-state index >= 15 is 0 Å². The SMILES string of the molecule is Cc1cc(C)cc(Nc2nccc(-c3c(-c4ccc(Cl)cc4)ncn3C3CCNCC3)n2)c1. The van der Waals surface area contributed by atoms with Crippen LogP contribution in [0.2, 0.25) is 5.02 Å². The van der Waals surface area contributed by atoms with Crippen LogP contribution in [-0.2, 0) is 0 Å². The molecule has 0 amide bonds. The Morgan fingerprint density at radius 3 is 2.42 bits per heavy atom. The van der Waals surface area contributed by atoms with Crippen LogP contribution in [0.5, 0.6) is 0 Å². The van der Waals surface area contributed by atoms with Gasteiger partial charge in [0, 0.05) is 28.5 Å². The van der Waals surface area contributed by atoms with Gasteiger partial charge < -0.3 is 15.2 Å². The van der Waals surface area contributed by atoms with E-state index in [1.165, 1.54) is 11.1 Å². The van der Waals surface area contributed by atoms with Gasteiger partial charge in [-0.25, -0.2) is 15.0 Å². The maximum atomic E-state index is 6.14. The number of imidazole rings is 1. The van der Waals surface area contributed by atoms with Gasteiger partial charge in [0.15, 0.2) is 0 Å². The fourth-order valence-electron chi connectivity index (χ4n) is 4.52. The number of hydrogen-bond acceptors (Lipinski definition) is 5. The summed E-state index contributed by atoms with van der Waals surface area (Å²) in [6, 6.07) is 16.5. The molecular formula is C26H27ClN6. The zero-order valence-electron chi connectivity index (χ0n) is 18.8. The first-order chi connectivity index (χ1) is 16.1. The molecule has 0 unspecified atom stereocenters. The summed E-state index contributed by atoms with van der Waals surface area (Å²) in [6.45, 7) is 6.18. The quantitative estimate of drug-likeness (QED) is 0.387. The van der Waals surface area contributed by atoms with Crippen LogP contribution in [0.1, 0.15) is 30.0 Å². The highest BCUT2D eigenvalue weighted by Crippen LogP contribution is 2.35. The average Bonchev–Trinajstić information content (AvgIpc) is 3.25. The Morgan fingerprint density at radius 2 is 1.70 bits per heavy atom. The molecule has 1 fully saturated rings. The van der Waals surface area contributed by atoms with Gasteiger partial charge >= 0.3 is 0 Å². The van der Waals surface area contributed by atoms with Crippen molar-refractivity contribution in [2.45, 2.75) is 32.7 Å². The van der Waals surface area contributed by atoms with E-state index in [0.717, 1.165) is 54.3 Å². The zero-order valence-corrected chi connectivity index (χ0v) is 19.6. The molecule has 0 bridgehead atoms. The van der Waals surface area contributed by atoms with E-state index in [1.54, 1.807) is 6.20 Å². The van der Waals surface area contributed by atoms with Gasteiger partial charge in [-0.15, -0.1) is 0 Å². The van der Waals surface area contributed by atoms with Crippen molar-refractivity contribution in [3.8, 4) is 22.6 Å². The number of nitrogens with zero attached hydrogens (tertiary/aromatic N) is 4. The third-order valence-electron chi connectivity index (χ3n) is 5.99. The largest absolute Gasteiger partial charge is 0.326 e. The van der Waals surface area contributed by atoms with Gasteiger partial charge in [-0.3, -0.25) is 0 Å². The Hall–Kier alpha value is -3.22. The molecule has 0 saturated carbocycles. The van der Waals surface area contributed by atoms with Crippen molar-refractivity contribution in [3.05, 3.63) is 77.2 Å². The van der Waals surface area contributed by atoms with Crippen molar-refractivity contribution >= 4 is 23.2 Å². The minimum absolute atomic E-state index is 0.376. The lowest BCUT2D eigenvalue weighted by atomic mass is 10.0. The molecule has 1 aliphatic heterocycles. The van der Waals surface area contributed by atoms with Crippen LogP contribution >= 0.6 is 11.6 Å². The normalized spacial score (nSPS) is 14.4. The molecule has 33 heavy (non-hydrogen) atoms. The molecule has 1 aliphatic rings. The topological polar surface area (TPSA) is 67.7 Å². The van der Waals surface area contributed by atoms with Crippen LogP contribution in [-0.4, -0.2) is 32.6 Å². The summed E-state index contributed by atoms with van der Waals surface area (Å²) in [5, 5.41) is 7.53. The summed E-state index contributed by atoms with van der Waals surface area (Å²) in [5.41, 5.74) is 7.15. The van der Waals surface area contributed by atoms with Crippen molar-refractivity contribution in [2.75, 3.05) is 18.4 Å². The zero-order chi connectivity index (χ0) is 22.8. The van der Waals surface area contributed by atoms with Crippen LogP contribution in [0.3, 0.4) is 0 Å². The minimum atomic E-state index is 0.376. The van der Waals surface area contributed by atoms with Crippen molar-refractivity contribution in [1.29, 1.82) is 0 Å². The van der Waals surface area contributed by atoms with Gasteiger partial charge in [-0.1, -0.05) is 29.8 Å². The first-order valence-electron chi connectivity index (χ1n) is 11.3. The smallest absolute Gasteiger partial charge is 0.227 e. The Kier molecular flexibility index (Phi) is 6.11. The fraction of sp³-hybridized carbons (Fsp3) is 0.269. The summed E-state index contributed by atoms with van der Waals surface area (Å²) in [5.74, 6) is 0.567. The van der Waals surface area contributed by atoms with Gasteiger partial charge in [0.1, 0.15) is 0 Å². The Morgan fingerprint density at radius 1 is 0.970 bits per heavy atom. The number of aromatic nitrogens is 4. The third-order valence-corrected chi connectivity index (χ3v) is 6.24. The lowest BCUT2D eigenvalue weighted by Crippen LogP contribution is -2.29. The molecule has 2 aromatic heterocycles. The van der Waals surface area contributed by atoms with Gasteiger partial charge in [0.25, 0.3) is 0 Å². The predicted molar refractivity (Wildman–Crippen MR) is 134 cm³/mol. The third kappa shape index (κ3) is 4.77. The van der Waals surface area contributed by atoms with Gasteiger partial charge in [-0.05, 0) is 81.2 Å². The predicted octanol–water partition coefficient (Wildman–Crippen LogP) is 5.95. The van der Waals surface area contributed by atoms with Crippen molar-refractivity contribution in [1.82, 2.24) is 24.8 Å². The van der Waals surface area contributed by atoms with Crippen LogP contribution < -0.4 is 10.6 Å². The molecule has 1 saturated heterocycles. The van der Waals surface area contributed by atoms with Crippen molar-refractivity contribution < 1.29 is 0 Å². The van der Waals surface area contributed by atoms with Crippen LogP contribution in [0.25, 0.3) is 22.6 Å². The molecule has 2 N–H and O–H groups in total. The van der Waals surface area contributed by atoms with E-state index in [-0.39, 0.29) is 0 Å². The fourth-order valence-corrected chi connectivity index (χ4v) is 4.65. The summed E-state index contributed by atoms with van der Waals surface area (Å²) in [6.07, 6.45) is 5.87. The Labute approximate surface area is 199 Å². The first-order valence-corrected chi connectivity index (χ1v) is 11.7. The Balaban J connectivity index is 1.57. The van der Waals surface area contributed by atoms with Crippen molar-refractivity contribution in [2.24, 2.45) is 0 Å². The van der Waals surface area contributed by atoms with Crippen LogP contribution in [0, 0.1) is 13.8 Å². The molecular weight excluding hydrogens is 432 g/mol. The van der Waals surface area contributed by atoms with Crippen molar-refractivity contribution in [3.63, 3.8) is 0 Å². The molecule has 0 atom stereocenters. The average molecular weight is 459 g/mol. The highest BCUT2D eigenvalue weighted by molar-refractivity contribution is 6.30.